The molecular formula is C16H17Cl2NO4S. The van der Waals surface area contributed by atoms with Gasteiger partial charge in [0.05, 0.1) is 14.2 Å². The normalized spacial score (nSPS) is 11.3. The van der Waals surface area contributed by atoms with E-state index in [2.05, 4.69) is 4.72 Å². The lowest BCUT2D eigenvalue weighted by Gasteiger charge is -2.12. The maximum atomic E-state index is 12.5. The third kappa shape index (κ3) is 4.54. The van der Waals surface area contributed by atoms with E-state index in [9.17, 15) is 8.42 Å². The van der Waals surface area contributed by atoms with Gasteiger partial charge in [-0.3, -0.25) is 0 Å². The van der Waals surface area contributed by atoms with Gasteiger partial charge in [-0.2, -0.15) is 0 Å². The highest BCUT2D eigenvalue weighted by molar-refractivity contribution is 7.89. The molecule has 0 aliphatic rings. The Labute approximate surface area is 151 Å². The van der Waals surface area contributed by atoms with Crippen LogP contribution in [-0.4, -0.2) is 29.2 Å². The van der Waals surface area contributed by atoms with Crippen LogP contribution in [0.15, 0.2) is 41.3 Å². The molecule has 0 amide bonds. The van der Waals surface area contributed by atoms with Gasteiger partial charge in [0, 0.05) is 22.7 Å². The van der Waals surface area contributed by atoms with Gasteiger partial charge in [0.15, 0.2) is 0 Å². The van der Waals surface area contributed by atoms with Crippen LogP contribution in [0.5, 0.6) is 11.5 Å². The Morgan fingerprint density at radius 2 is 1.79 bits per heavy atom. The van der Waals surface area contributed by atoms with Gasteiger partial charge in [-0.1, -0.05) is 29.3 Å². The number of halogens is 2. The van der Waals surface area contributed by atoms with Crippen LogP contribution in [0, 0.1) is 0 Å². The van der Waals surface area contributed by atoms with Crippen molar-refractivity contribution in [2.24, 2.45) is 0 Å². The van der Waals surface area contributed by atoms with Crippen LogP contribution in [0.1, 0.15) is 5.56 Å². The monoisotopic (exact) mass is 389 g/mol. The molecule has 0 fully saturated rings. The SMILES string of the molecule is COc1ccc(OC)c(S(=O)(=O)NCCc2ccc(Cl)cc2Cl)c1. The van der Waals surface area contributed by atoms with Crippen molar-refractivity contribution in [3.63, 3.8) is 0 Å². The highest BCUT2D eigenvalue weighted by atomic mass is 35.5. The summed E-state index contributed by atoms with van der Waals surface area (Å²) in [6.07, 6.45) is 0.432. The summed E-state index contributed by atoms with van der Waals surface area (Å²) < 4.78 is 37.7. The fraction of sp³-hybridized carbons (Fsp3) is 0.250. The van der Waals surface area contributed by atoms with Gasteiger partial charge in [0.1, 0.15) is 16.4 Å². The second-order valence-corrected chi connectivity index (χ2v) is 7.48. The molecule has 0 atom stereocenters. The summed E-state index contributed by atoms with van der Waals surface area (Å²) in [5, 5.41) is 1.03. The third-order valence-electron chi connectivity index (χ3n) is 3.36. The van der Waals surface area contributed by atoms with Crippen LogP contribution in [0.25, 0.3) is 0 Å². The first-order valence-corrected chi connectivity index (χ1v) is 9.27. The fourth-order valence-electron chi connectivity index (χ4n) is 2.12. The Bertz CT molecular complexity index is 825. The van der Waals surface area contributed by atoms with E-state index in [0.29, 0.717) is 22.2 Å². The predicted molar refractivity (Wildman–Crippen MR) is 94.9 cm³/mol. The van der Waals surface area contributed by atoms with Crippen molar-refractivity contribution in [2.45, 2.75) is 11.3 Å². The molecule has 24 heavy (non-hydrogen) atoms. The molecular weight excluding hydrogens is 373 g/mol. The summed E-state index contributed by atoms with van der Waals surface area (Å²) in [6, 6.07) is 9.69. The molecule has 0 saturated heterocycles. The summed E-state index contributed by atoms with van der Waals surface area (Å²) in [7, 11) is -0.873. The zero-order valence-corrected chi connectivity index (χ0v) is 15.5. The number of rotatable bonds is 7. The molecule has 0 aromatic heterocycles. The molecule has 0 unspecified atom stereocenters. The summed E-state index contributed by atoms with van der Waals surface area (Å²) in [5.41, 5.74) is 0.807. The Hall–Kier alpha value is -1.47. The Morgan fingerprint density at radius 3 is 2.42 bits per heavy atom. The van der Waals surface area contributed by atoms with Gasteiger partial charge in [0.2, 0.25) is 10.0 Å². The molecule has 2 rings (SSSR count). The smallest absolute Gasteiger partial charge is 0.244 e. The van der Waals surface area contributed by atoms with Crippen LogP contribution < -0.4 is 14.2 Å². The van der Waals surface area contributed by atoms with Crippen LogP contribution in [-0.2, 0) is 16.4 Å². The second kappa shape index (κ2) is 8.07. The van der Waals surface area contributed by atoms with Crippen molar-refractivity contribution in [2.75, 3.05) is 20.8 Å². The number of hydrogen-bond donors (Lipinski definition) is 1. The first-order chi connectivity index (χ1) is 11.4. The highest BCUT2D eigenvalue weighted by Crippen LogP contribution is 2.28. The standard InChI is InChI=1S/C16H17Cl2NO4S/c1-22-13-5-6-15(23-2)16(10-13)24(20,21)19-8-7-11-3-4-12(17)9-14(11)18/h3-6,9-10,19H,7-8H2,1-2H3. The molecule has 0 spiro atoms. The van der Waals surface area contributed by atoms with Crippen molar-refractivity contribution in [1.29, 1.82) is 0 Å². The second-order valence-electron chi connectivity index (χ2n) is 4.90. The average Bonchev–Trinajstić information content (AvgIpc) is 2.56. The average molecular weight is 390 g/mol. The topological polar surface area (TPSA) is 64.6 Å². The van der Waals surface area contributed by atoms with Crippen LogP contribution >= 0.6 is 23.2 Å². The molecule has 0 saturated carbocycles. The van der Waals surface area contributed by atoms with E-state index in [1.165, 1.54) is 20.3 Å². The molecule has 0 radical (unpaired) electrons. The van der Waals surface area contributed by atoms with Gasteiger partial charge in [-0.25, -0.2) is 13.1 Å². The lowest BCUT2D eigenvalue weighted by atomic mass is 10.1. The number of benzene rings is 2. The summed E-state index contributed by atoms with van der Waals surface area (Å²) in [5.74, 6) is 0.671. The Kier molecular flexibility index (Phi) is 6.34. The summed E-state index contributed by atoms with van der Waals surface area (Å²) >= 11 is 11.9. The molecule has 5 nitrogen and oxygen atoms in total. The molecule has 2 aromatic carbocycles. The first kappa shape index (κ1) is 18.9. The fourth-order valence-corrected chi connectivity index (χ4v) is 3.83. The molecule has 0 aliphatic heterocycles. The van der Waals surface area contributed by atoms with Crippen molar-refractivity contribution >= 4 is 33.2 Å². The molecule has 0 bridgehead atoms. The van der Waals surface area contributed by atoms with E-state index in [4.69, 9.17) is 32.7 Å². The van der Waals surface area contributed by atoms with Gasteiger partial charge in [-0.05, 0) is 36.2 Å². The van der Waals surface area contributed by atoms with E-state index >= 15 is 0 Å². The largest absolute Gasteiger partial charge is 0.497 e. The van der Waals surface area contributed by atoms with Crippen molar-refractivity contribution in [1.82, 2.24) is 4.72 Å². The summed E-state index contributed by atoms with van der Waals surface area (Å²) in [6.45, 7) is 0.185. The van der Waals surface area contributed by atoms with Gasteiger partial charge >= 0.3 is 0 Å². The van der Waals surface area contributed by atoms with Crippen molar-refractivity contribution < 1.29 is 17.9 Å². The number of sulfonamides is 1. The number of nitrogens with one attached hydrogen (secondary N) is 1. The molecule has 0 aliphatic carbocycles. The van der Waals surface area contributed by atoms with Crippen LogP contribution in [0.2, 0.25) is 10.0 Å². The van der Waals surface area contributed by atoms with Crippen molar-refractivity contribution in [3.05, 3.63) is 52.0 Å². The maximum absolute atomic E-state index is 12.5. The van der Waals surface area contributed by atoms with Gasteiger partial charge < -0.3 is 9.47 Å². The zero-order chi connectivity index (χ0) is 17.7. The first-order valence-electron chi connectivity index (χ1n) is 7.03. The van der Waals surface area contributed by atoms with Crippen LogP contribution in [0.4, 0.5) is 0 Å². The molecule has 0 heterocycles. The predicted octanol–water partition coefficient (Wildman–Crippen LogP) is 3.53. The Balaban J connectivity index is 2.14. The van der Waals surface area contributed by atoms with E-state index in [-0.39, 0.29) is 17.2 Å². The third-order valence-corrected chi connectivity index (χ3v) is 5.43. The quantitative estimate of drug-likeness (QED) is 0.786. The molecule has 1 N–H and O–H groups in total. The van der Waals surface area contributed by atoms with Gasteiger partial charge in [0.25, 0.3) is 0 Å². The summed E-state index contributed by atoms with van der Waals surface area (Å²) in [4.78, 5) is 0.0200. The zero-order valence-electron chi connectivity index (χ0n) is 13.2. The lowest BCUT2D eigenvalue weighted by Crippen LogP contribution is -2.26. The minimum absolute atomic E-state index is 0.0200. The van der Waals surface area contributed by atoms with Gasteiger partial charge in [-0.15, -0.1) is 0 Å². The maximum Gasteiger partial charge on any atom is 0.244 e. The lowest BCUT2D eigenvalue weighted by molar-refractivity contribution is 0.392. The van der Waals surface area contributed by atoms with E-state index in [1.54, 1.807) is 30.3 Å². The molecule has 130 valence electrons. The number of hydrogen-bond acceptors (Lipinski definition) is 4. The number of ether oxygens (including phenoxy) is 2. The number of methoxy groups -OCH3 is 2. The van der Waals surface area contributed by atoms with E-state index in [0.717, 1.165) is 5.56 Å². The van der Waals surface area contributed by atoms with Crippen molar-refractivity contribution in [3.8, 4) is 11.5 Å². The minimum atomic E-state index is -3.75. The molecule has 2 aromatic rings. The van der Waals surface area contributed by atoms with E-state index < -0.39 is 10.0 Å². The van der Waals surface area contributed by atoms with Crippen LogP contribution in [0.3, 0.4) is 0 Å². The molecule has 8 heteroatoms. The van der Waals surface area contributed by atoms with E-state index in [1.807, 2.05) is 0 Å². The Morgan fingerprint density at radius 1 is 1.04 bits per heavy atom. The minimum Gasteiger partial charge on any atom is -0.497 e. The highest BCUT2D eigenvalue weighted by Gasteiger charge is 2.20.